The normalized spacial score (nSPS) is 10.6. The largest absolute Gasteiger partial charge is 0.389 e. The van der Waals surface area contributed by atoms with Gasteiger partial charge in [0.2, 0.25) is 0 Å². The number of nitrogens with two attached hydrogens (primary N) is 1. The molecular formula is C16H17ClN2S. The molecule has 0 unspecified atom stereocenters. The van der Waals surface area contributed by atoms with Crippen LogP contribution >= 0.6 is 23.8 Å². The number of halogens is 1. The molecule has 2 aromatic rings. The molecule has 0 heterocycles. The van der Waals surface area contributed by atoms with E-state index >= 15 is 0 Å². The first kappa shape index (κ1) is 14.8. The van der Waals surface area contributed by atoms with Crippen LogP contribution < -0.4 is 11.1 Å². The predicted octanol–water partition coefficient (Wildman–Crippen LogP) is 4.84. The van der Waals surface area contributed by atoms with Gasteiger partial charge in [-0.3, -0.25) is 0 Å². The smallest absolute Gasteiger partial charge is 0.106 e. The molecule has 2 aromatic carbocycles. The van der Waals surface area contributed by atoms with E-state index in [0.29, 0.717) is 15.9 Å². The Balaban J connectivity index is 2.29. The summed E-state index contributed by atoms with van der Waals surface area (Å²) in [5.74, 6) is 0.516. The van der Waals surface area contributed by atoms with Gasteiger partial charge in [-0.15, -0.1) is 0 Å². The van der Waals surface area contributed by atoms with Gasteiger partial charge in [0.25, 0.3) is 0 Å². The van der Waals surface area contributed by atoms with Gasteiger partial charge < -0.3 is 11.1 Å². The van der Waals surface area contributed by atoms with Gasteiger partial charge in [-0.1, -0.05) is 49.8 Å². The summed E-state index contributed by atoms with van der Waals surface area (Å²) < 4.78 is 0. The first-order valence-corrected chi connectivity index (χ1v) is 7.22. The summed E-state index contributed by atoms with van der Waals surface area (Å²) in [5, 5.41) is 3.95. The van der Waals surface area contributed by atoms with Crippen LogP contribution in [-0.2, 0) is 0 Å². The fraction of sp³-hybridized carbons (Fsp3) is 0.188. The molecule has 0 bridgehead atoms. The lowest BCUT2D eigenvalue weighted by molar-refractivity contribution is 0.867. The van der Waals surface area contributed by atoms with Crippen molar-refractivity contribution in [3.05, 3.63) is 58.6 Å². The molecule has 0 fully saturated rings. The number of anilines is 2. The van der Waals surface area contributed by atoms with Crippen molar-refractivity contribution >= 4 is 40.2 Å². The lowest BCUT2D eigenvalue weighted by Gasteiger charge is -2.13. The number of rotatable bonds is 4. The maximum absolute atomic E-state index is 6.03. The van der Waals surface area contributed by atoms with E-state index in [9.17, 15) is 0 Å². The van der Waals surface area contributed by atoms with Crippen molar-refractivity contribution in [2.45, 2.75) is 19.8 Å². The summed E-state index contributed by atoms with van der Waals surface area (Å²) in [6, 6.07) is 13.7. The maximum Gasteiger partial charge on any atom is 0.106 e. The minimum atomic E-state index is 0.350. The Morgan fingerprint density at radius 3 is 2.35 bits per heavy atom. The Morgan fingerprint density at radius 2 is 1.80 bits per heavy atom. The molecule has 0 atom stereocenters. The van der Waals surface area contributed by atoms with E-state index in [1.54, 1.807) is 6.07 Å². The van der Waals surface area contributed by atoms with Crippen LogP contribution in [0.5, 0.6) is 0 Å². The van der Waals surface area contributed by atoms with Gasteiger partial charge in [0.15, 0.2) is 0 Å². The molecule has 2 nitrogen and oxygen atoms in total. The number of hydrogen-bond donors (Lipinski definition) is 2. The van der Waals surface area contributed by atoms with Crippen molar-refractivity contribution in [1.29, 1.82) is 0 Å². The molecule has 0 aliphatic heterocycles. The predicted molar refractivity (Wildman–Crippen MR) is 91.2 cm³/mol. The van der Waals surface area contributed by atoms with Crippen LogP contribution in [0.4, 0.5) is 11.4 Å². The molecule has 0 saturated carbocycles. The van der Waals surface area contributed by atoms with Crippen molar-refractivity contribution in [3.8, 4) is 0 Å². The Morgan fingerprint density at radius 1 is 1.15 bits per heavy atom. The third-order valence-corrected chi connectivity index (χ3v) is 3.56. The summed E-state index contributed by atoms with van der Waals surface area (Å²) in [6.07, 6.45) is 0. The molecule has 0 spiro atoms. The Hall–Kier alpha value is -1.58. The topological polar surface area (TPSA) is 38.0 Å². The SMILES string of the molecule is CC(C)c1ccc(Nc2cc(Cl)ccc2C(N)=S)cc1. The second-order valence-corrected chi connectivity index (χ2v) is 5.83. The van der Waals surface area contributed by atoms with Crippen LogP contribution in [0, 0.1) is 0 Å². The average molecular weight is 305 g/mol. The van der Waals surface area contributed by atoms with E-state index in [0.717, 1.165) is 16.9 Å². The molecule has 4 heteroatoms. The first-order valence-electron chi connectivity index (χ1n) is 6.43. The molecule has 2 rings (SSSR count). The van der Waals surface area contributed by atoms with E-state index in [2.05, 4.69) is 31.3 Å². The number of benzene rings is 2. The fourth-order valence-electron chi connectivity index (χ4n) is 1.94. The highest BCUT2D eigenvalue weighted by Crippen LogP contribution is 2.26. The number of hydrogen-bond acceptors (Lipinski definition) is 2. The zero-order valence-electron chi connectivity index (χ0n) is 11.5. The maximum atomic E-state index is 6.03. The second kappa shape index (κ2) is 6.25. The van der Waals surface area contributed by atoms with E-state index in [1.807, 2.05) is 24.3 Å². The van der Waals surface area contributed by atoms with Crippen molar-refractivity contribution in [2.24, 2.45) is 5.73 Å². The van der Waals surface area contributed by atoms with Crippen LogP contribution in [0.2, 0.25) is 5.02 Å². The molecule has 0 aliphatic carbocycles. The molecule has 3 N–H and O–H groups in total. The highest BCUT2D eigenvalue weighted by atomic mass is 35.5. The van der Waals surface area contributed by atoms with E-state index < -0.39 is 0 Å². The minimum absolute atomic E-state index is 0.350. The Bertz CT molecular complexity index is 621. The number of thiocarbonyl (C=S) groups is 1. The molecule has 104 valence electrons. The summed E-state index contributed by atoms with van der Waals surface area (Å²) >= 11 is 11.1. The number of nitrogens with one attached hydrogen (secondary N) is 1. The molecule has 0 amide bonds. The van der Waals surface area contributed by atoms with Gasteiger partial charge in [0.05, 0.1) is 5.69 Å². The van der Waals surface area contributed by atoms with Crippen molar-refractivity contribution in [3.63, 3.8) is 0 Å². The average Bonchev–Trinajstić information content (AvgIpc) is 2.39. The van der Waals surface area contributed by atoms with E-state index in [-0.39, 0.29) is 0 Å². The lowest BCUT2D eigenvalue weighted by Crippen LogP contribution is -2.11. The first-order chi connectivity index (χ1) is 9.47. The van der Waals surface area contributed by atoms with Crippen LogP contribution in [0.3, 0.4) is 0 Å². The monoisotopic (exact) mass is 304 g/mol. The molecule has 20 heavy (non-hydrogen) atoms. The van der Waals surface area contributed by atoms with Crippen LogP contribution in [0.1, 0.15) is 30.9 Å². The van der Waals surface area contributed by atoms with E-state index in [4.69, 9.17) is 29.6 Å². The molecule has 0 aromatic heterocycles. The third-order valence-electron chi connectivity index (χ3n) is 3.10. The van der Waals surface area contributed by atoms with Crippen molar-refractivity contribution < 1.29 is 0 Å². The van der Waals surface area contributed by atoms with Gasteiger partial charge in [-0.25, -0.2) is 0 Å². The molecule has 0 radical (unpaired) electrons. The highest BCUT2D eigenvalue weighted by molar-refractivity contribution is 7.80. The minimum Gasteiger partial charge on any atom is -0.389 e. The van der Waals surface area contributed by atoms with Gasteiger partial charge in [-0.05, 0) is 41.8 Å². The standard InChI is InChI=1S/C16H17ClN2S/c1-10(2)11-3-6-13(7-4-11)19-15-9-12(17)5-8-14(15)16(18)20/h3-10,19H,1-2H3,(H2,18,20). The summed E-state index contributed by atoms with van der Waals surface area (Å²) in [4.78, 5) is 0.350. The molecule has 0 aliphatic rings. The van der Waals surface area contributed by atoms with Crippen LogP contribution in [0.25, 0.3) is 0 Å². The molecule has 0 saturated heterocycles. The van der Waals surface area contributed by atoms with Gasteiger partial charge in [-0.2, -0.15) is 0 Å². The van der Waals surface area contributed by atoms with Crippen molar-refractivity contribution in [2.75, 3.05) is 5.32 Å². The van der Waals surface area contributed by atoms with Gasteiger partial charge >= 0.3 is 0 Å². The quantitative estimate of drug-likeness (QED) is 0.794. The lowest BCUT2D eigenvalue weighted by atomic mass is 10.0. The summed E-state index contributed by atoms with van der Waals surface area (Å²) in [6.45, 7) is 4.34. The zero-order chi connectivity index (χ0) is 14.7. The summed E-state index contributed by atoms with van der Waals surface area (Å²) in [5.41, 5.74) is 9.62. The van der Waals surface area contributed by atoms with Gasteiger partial charge in [0, 0.05) is 16.3 Å². The van der Waals surface area contributed by atoms with E-state index in [1.165, 1.54) is 5.56 Å². The second-order valence-electron chi connectivity index (χ2n) is 4.96. The van der Waals surface area contributed by atoms with Crippen LogP contribution in [-0.4, -0.2) is 4.99 Å². The zero-order valence-corrected chi connectivity index (χ0v) is 13.1. The highest BCUT2D eigenvalue weighted by Gasteiger charge is 2.07. The van der Waals surface area contributed by atoms with Crippen LogP contribution in [0.15, 0.2) is 42.5 Å². The fourth-order valence-corrected chi connectivity index (χ4v) is 2.29. The van der Waals surface area contributed by atoms with Crippen molar-refractivity contribution in [1.82, 2.24) is 0 Å². The summed E-state index contributed by atoms with van der Waals surface area (Å²) in [7, 11) is 0. The molecular weight excluding hydrogens is 288 g/mol. The van der Waals surface area contributed by atoms with Gasteiger partial charge in [0.1, 0.15) is 4.99 Å². The Labute approximate surface area is 130 Å². The third kappa shape index (κ3) is 3.50. The Kier molecular flexibility index (Phi) is 4.63.